The van der Waals surface area contributed by atoms with Gasteiger partial charge in [-0.2, -0.15) is 0 Å². The van der Waals surface area contributed by atoms with Crippen LogP contribution in [0, 0.1) is 11.3 Å². The number of primary amides is 1. The highest BCUT2D eigenvalue weighted by Gasteiger charge is 2.34. The number of Topliss-reactive ketones (excluding diaryl/α,β-unsaturated/α-hetero) is 1. The molecule has 0 saturated carbocycles. The Morgan fingerprint density at radius 3 is 2.07 bits per heavy atom. The Morgan fingerprint density at radius 2 is 1.80 bits per heavy atom. The van der Waals surface area contributed by atoms with E-state index in [1.807, 2.05) is 34.6 Å². The van der Waals surface area contributed by atoms with Crippen molar-refractivity contribution in [1.29, 1.82) is 0 Å². The van der Waals surface area contributed by atoms with Gasteiger partial charge in [0.25, 0.3) is 0 Å². The molecule has 0 radical (unpaired) electrons. The van der Waals surface area contributed by atoms with E-state index in [1.165, 1.54) is 0 Å². The molecule has 4 heteroatoms. The zero-order chi connectivity index (χ0) is 12.2. The number of urea groups is 1. The third-order valence-electron chi connectivity index (χ3n) is 2.80. The number of rotatable bonds is 5. The van der Waals surface area contributed by atoms with Crippen LogP contribution in [0.3, 0.4) is 0 Å². The summed E-state index contributed by atoms with van der Waals surface area (Å²) in [6.07, 6.45) is 0.746. The standard InChI is InChI=1S/C11H22N2O2/c1-6-11(4,5)9(14)8(7(2)3)13-10(12)15/h7-8H,6H2,1-5H3,(H3,12,13,15). The second kappa shape index (κ2) is 5.14. The predicted molar refractivity (Wildman–Crippen MR) is 60.4 cm³/mol. The zero-order valence-electron chi connectivity index (χ0n) is 10.3. The largest absolute Gasteiger partial charge is 0.352 e. The molecule has 0 aliphatic carbocycles. The van der Waals surface area contributed by atoms with Gasteiger partial charge >= 0.3 is 6.03 Å². The smallest absolute Gasteiger partial charge is 0.312 e. The molecule has 0 aromatic carbocycles. The Hall–Kier alpha value is -1.06. The van der Waals surface area contributed by atoms with Crippen molar-refractivity contribution in [3.8, 4) is 0 Å². The van der Waals surface area contributed by atoms with Crippen LogP contribution in [-0.2, 0) is 4.79 Å². The van der Waals surface area contributed by atoms with Crippen LogP contribution in [0.1, 0.15) is 41.0 Å². The van der Waals surface area contributed by atoms with Crippen molar-refractivity contribution < 1.29 is 9.59 Å². The average Bonchev–Trinajstić information content (AvgIpc) is 2.12. The molecule has 3 N–H and O–H groups in total. The molecule has 1 unspecified atom stereocenters. The summed E-state index contributed by atoms with van der Waals surface area (Å²) in [4.78, 5) is 22.9. The van der Waals surface area contributed by atoms with Gasteiger partial charge in [-0.05, 0) is 12.3 Å². The first-order chi connectivity index (χ1) is 6.72. The van der Waals surface area contributed by atoms with Gasteiger partial charge in [0.2, 0.25) is 0 Å². The number of nitrogens with two attached hydrogens (primary N) is 1. The molecular weight excluding hydrogens is 192 g/mol. The monoisotopic (exact) mass is 214 g/mol. The molecule has 0 saturated heterocycles. The van der Waals surface area contributed by atoms with Crippen molar-refractivity contribution in [1.82, 2.24) is 5.32 Å². The molecule has 0 aliphatic rings. The second-order valence-electron chi connectivity index (χ2n) is 4.83. The lowest BCUT2D eigenvalue weighted by Gasteiger charge is -2.29. The van der Waals surface area contributed by atoms with Crippen molar-refractivity contribution in [2.24, 2.45) is 17.1 Å². The molecule has 0 aromatic heterocycles. The molecule has 15 heavy (non-hydrogen) atoms. The van der Waals surface area contributed by atoms with Gasteiger partial charge in [-0.15, -0.1) is 0 Å². The summed E-state index contributed by atoms with van der Waals surface area (Å²) in [6.45, 7) is 9.51. The Morgan fingerprint density at radius 1 is 1.33 bits per heavy atom. The highest BCUT2D eigenvalue weighted by Crippen LogP contribution is 2.24. The van der Waals surface area contributed by atoms with Gasteiger partial charge in [0.15, 0.2) is 5.78 Å². The van der Waals surface area contributed by atoms with Gasteiger partial charge in [-0.3, -0.25) is 4.79 Å². The van der Waals surface area contributed by atoms with E-state index < -0.39 is 17.5 Å². The summed E-state index contributed by atoms with van der Waals surface area (Å²) in [6, 6.07) is -1.13. The van der Waals surface area contributed by atoms with Gasteiger partial charge < -0.3 is 11.1 Å². The zero-order valence-corrected chi connectivity index (χ0v) is 10.3. The van der Waals surface area contributed by atoms with E-state index in [0.29, 0.717) is 0 Å². The molecule has 2 amide bonds. The average molecular weight is 214 g/mol. The summed E-state index contributed by atoms with van der Waals surface area (Å²) < 4.78 is 0. The van der Waals surface area contributed by atoms with Crippen LogP contribution in [-0.4, -0.2) is 17.9 Å². The Balaban J connectivity index is 4.78. The number of nitrogens with one attached hydrogen (secondary N) is 1. The van der Waals surface area contributed by atoms with E-state index in [4.69, 9.17) is 5.73 Å². The highest BCUT2D eigenvalue weighted by molar-refractivity contribution is 5.92. The van der Waals surface area contributed by atoms with Crippen molar-refractivity contribution >= 4 is 11.8 Å². The number of hydrogen-bond donors (Lipinski definition) is 2. The lowest BCUT2D eigenvalue weighted by atomic mass is 9.79. The molecule has 4 nitrogen and oxygen atoms in total. The number of carbonyl (C=O) groups excluding carboxylic acids is 2. The Kier molecular flexibility index (Phi) is 4.78. The van der Waals surface area contributed by atoms with Crippen molar-refractivity contribution in [2.45, 2.75) is 47.1 Å². The van der Waals surface area contributed by atoms with Crippen LogP contribution in [0.5, 0.6) is 0 Å². The fraction of sp³-hybridized carbons (Fsp3) is 0.818. The van der Waals surface area contributed by atoms with Crippen LogP contribution in [0.15, 0.2) is 0 Å². The van der Waals surface area contributed by atoms with Gasteiger partial charge in [-0.25, -0.2) is 4.79 Å². The molecular formula is C11H22N2O2. The van der Waals surface area contributed by atoms with Crippen LogP contribution in [0.25, 0.3) is 0 Å². The molecule has 0 spiro atoms. The minimum absolute atomic E-state index is 0.0406. The number of amides is 2. The quantitative estimate of drug-likeness (QED) is 0.731. The minimum atomic E-state index is -0.644. The van der Waals surface area contributed by atoms with E-state index in [1.54, 1.807) is 0 Å². The maximum absolute atomic E-state index is 12.1. The molecule has 0 rings (SSSR count). The van der Waals surface area contributed by atoms with E-state index in [0.717, 1.165) is 6.42 Å². The summed E-state index contributed by atoms with van der Waals surface area (Å²) >= 11 is 0. The first-order valence-electron chi connectivity index (χ1n) is 5.32. The van der Waals surface area contributed by atoms with Gasteiger partial charge in [0.05, 0.1) is 6.04 Å². The number of hydrogen-bond acceptors (Lipinski definition) is 2. The lowest BCUT2D eigenvalue weighted by Crippen LogP contribution is -2.50. The third-order valence-corrected chi connectivity index (χ3v) is 2.80. The van der Waals surface area contributed by atoms with Gasteiger partial charge in [0.1, 0.15) is 0 Å². The molecule has 0 bridgehead atoms. The lowest BCUT2D eigenvalue weighted by molar-refractivity contribution is -0.130. The molecule has 0 fully saturated rings. The van der Waals surface area contributed by atoms with E-state index in [-0.39, 0.29) is 11.7 Å². The molecule has 1 atom stereocenters. The first kappa shape index (κ1) is 13.9. The fourth-order valence-electron chi connectivity index (χ4n) is 1.28. The fourth-order valence-corrected chi connectivity index (χ4v) is 1.28. The maximum atomic E-state index is 12.1. The van der Waals surface area contributed by atoms with E-state index in [9.17, 15) is 9.59 Å². The highest BCUT2D eigenvalue weighted by atomic mass is 16.2. The Labute approximate surface area is 91.6 Å². The molecule has 0 aliphatic heterocycles. The summed E-state index contributed by atoms with van der Waals surface area (Å²) in [7, 11) is 0. The normalized spacial score (nSPS) is 13.7. The van der Waals surface area contributed by atoms with Crippen LogP contribution in [0.2, 0.25) is 0 Å². The number of ketones is 1. The third kappa shape index (κ3) is 3.90. The number of carbonyl (C=O) groups is 2. The van der Waals surface area contributed by atoms with Crippen molar-refractivity contribution in [3.05, 3.63) is 0 Å². The van der Waals surface area contributed by atoms with Crippen LogP contribution >= 0.6 is 0 Å². The van der Waals surface area contributed by atoms with Gasteiger partial charge in [-0.1, -0.05) is 34.6 Å². The van der Waals surface area contributed by atoms with E-state index >= 15 is 0 Å². The minimum Gasteiger partial charge on any atom is -0.352 e. The summed E-state index contributed by atoms with van der Waals surface area (Å²) in [5.74, 6) is 0.0922. The second-order valence-corrected chi connectivity index (χ2v) is 4.83. The summed E-state index contributed by atoms with van der Waals surface area (Å²) in [5, 5.41) is 2.51. The van der Waals surface area contributed by atoms with Crippen LogP contribution < -0.4 is 11.1 Å². The molecule has 0 heterocycles. The predicted octanol–water partition coefficient (Wildman–Crippen LogP) is 1.68. The van der Waals surface area contributed by atoms with Crippen molar-refractivity contribution in [3.63, 3.8) is 0 Å². The maximum Gasteiger partial charge on any atom is 0.312 e. The van der Waals surface area contributed by atoms with E-state index in [2.05, 4.69) is 5.32 Å². The van der Waals surface area contributed by atoms with Gasteiger partial charge in [0, 0.05) is 5.41 Å². The molecule has 88 valence electrons. The Bertz CT molecular complexity index is 247. The topological polar surface area (TPSA) is 72.2 Å². The van der Waals surface area contributed by atoms with Crippen molar-refractivity contribution in [2.75, 3.05) is 0 Å². The molecule has 0 aromatic rings. The SMILES string of the molecule is CCC(C)(C)C(=O)C(NC(N)=O)C(C)C. The summed E-state index contributed by atoms with van der Waals surface area (Å²) in [5.41, 5.74) is 4.63. The van der Waals surface area contributed by atoms with Crippen LogP contribution in [0.4, 0.5) is 4.79 Å². The first-order valence-corrected chi connectivity index (χ1v) is 5.32.